The quantitative estimate of drug-likeness (QED) is 0.196. The molecular formula is C22H18F4N2O5. The number of hydrogen-bond donors (Lipinski definition) is 1. The fourth-order valence-electron chi connectivity index (χ4n) is 2.65. The van der Waals surface area contributed by atoms with Crippen LogP contribution in [0.1, 0.15) is 35.0 Å². The molecule has 2 aromatic carbocycles. The fourth-order valence-corrected chi connectivity index (χ4v) is 2.65. The molecule has 1 heterocycles. The molecule has 0 aliphatic heterocycles. The summed E-state index contributed by atoms with van der Waals surface area (Å²) in [6.45, 7) is 1.71. The van der Waals surface area contributed by atoms with Crippen molar-refractivity contribution in [1.82, 2.24) is 5.16 Å². The largest absolute Gasteiger partial charge is 0.487 e. The Balaban J connectivity index is 1.86. The molecule has 0 aliphatic carbocycles. The minimum atomic E-state index is -4.76. The molecule has 0 radical (unpaired) electrons. The monoisotopic (exact) mass is 466 g/mol. The van der Waals surface area contributed by atoms with E-state index in [1.807, 2.05) is 6.92 Å². The first-order valence-electron chi connectivity index (χ1n) is 9.67. The van der Waals surface area contributed by atoms with E-state index in [9.17, 15) is 22.4 Å². The number of carboxylic acids is 1. The highest BCUT2D eigenvalue weighted by molar-refractivity contribution is 5.99. The molecular weight excluding hydrogens is 448 g/mol. The Bertz CT molecular complexity index is 1140. The molecule has 0 saturated carbocycles. The van der Waals surface area contributed by atoms with E-state index in [0.717, 1.165) is 6.07 Å². The summed E-state index contributed by atoms with van der Waals surface area (Å²) in [5, 5.41) is 16.9. The van der Waals surface area contributed by atoms with Gasteiger partial charge in [0, 0.05) is 11.6 Å². The molecule has 11 heteroatoms. The standard InChI is InChI=1S/C22H18F4N2O5/c1-2-7-32-27-19(20-11-18(28-33-20)13-3-5-16(23)6-4-13)12-31-17-9-14(21(29)30)8-15(10-17)22(24,25)26/h3-6,8-11H,2,7,12H2,1H3,(H,29,30). The summed E-state index contributed by atoms with van der Waals surface area (Å²) < 4.78 is 63.2. The van der Waals surface area contributed by atoms with Crippen molar-refractivity contribution >= 4 is 11.7 Å². The van der Waals surface area contributed by atoms with E-state index in [-0.39, 0.29) is 23.8 Å². The van der Waals surface area contributed by atoms with Gasteiger partial charge in [-0.1, -0.05) is 17.2 Å². The van der Waals surface area contributed by atoms with E-state index < -0.39 is 35.7 Å². The van der Waals surface area contributed by atoms with Crippen LogP contribution >= 0.6 is 0 Å². The van der Waals surface area contributed by atoms with Gasteiger partial charge in [0.05, 0.1) is 11.1 Å². The predicted octanol–water partition coefficient (Wildman–Crippen LogP) is 5.41. The minimum Gasteiger partial charge on any atom is -0.487 e. The molecule has 0 unspecified atom stereocenters. The number of carboxylic acid groups (broad SMARTS) is 1. The molecule has 3 rings (SSSR count). The number of nitrogens with zero attached hydrogens (tertiary/aromatic N) is 2. The maximum atomic E-state index is 13.1. The highest BCUT2D eigenvalue weighted by atomic mass is 19.4. The van der Waals surface area contributed by atoms with Gasteiger partial charge in [-0.2, -0.15) is 13.2 Å². The second kappa shape index (κ2) is 10.2. The van der Waals surface area contributed by atoms with Gasteiger partial charge in [0.15, 0.2) is 11.5 Å². The van der Waals surface area contributed by atoms with Crippen molar-refractivity contribution in [3.05, 3.63) is 71.2 Å². The van der Waals surface area contributed by atoms with Crippen molar-refractivity contribution in [2.24, 2.45) is 5.16 Å². The zero-order valence-corrected chi connectivity index (χ0v) is 17.2. The second-order valence-electron chi connectivity index (χ2n) is 6.79. The van der Waals surface area contributed by atoms with E-state index in [1.165, 1.54) is 30.3 Å². The second-order valence-corrected chi connectivity index (χ2v) is 6.79. The zero-order chi connectivity index (χ0) is 24.0. The number of oxime groups is 1. The van der Waals surface area contributed by atoms with Gasteiger partial charge in [0.1, 0.15) is 30.5 Å². The van der Waals surface area contributed by atoms with Gasteiger partial charge in [0.25, 0.3) is 0 Å². The SMILES string of the molecule is CCCON=C(COc1cc(C(=O)O)cc(C(F)(F)F)c1)c1cc(-c2ccc(F)cc2)no1. The lowest BCUT2D eigenvalue weighted by molar-refractivity contribution is -0.137. The molecule has 0 aliphatic rings. The number of benzene rings is 2. The number of ether oxygens (including phenoxy) is 1. The lowest BCUT2D eigenvalue weighted by atomic mass is 10.1. The Morgan fingerprint density at radius 1 is 1.15 bits per heavy atom. The maximum Gasteiger partial charge on any atom is 0.416 e. The van der Waals surface area contributed by atoms with Crippen LogP contribution in [0.3, 0.4) is 0 Å². The molecule has 1 aromatic heterocycles. The van der Waals surface area contributed by atoms with Gasteiger partial charge in [-0.3, -0.25) is 0 Å². The molecule has 7 nitrogen and oxygen atoms in total. The summed E-state index contributed by atoms with van der Waals surface area (Å²) in [6.07, 6.45) is -4.12. The first kappa shape index (κ1) is 23.8. The van der Waals surface area contributed by atoms with Crippen molar-refractivity contribution in [3.63, 3.8) is 0 Å². The van der Waals surface area contributed by atoms with Crippen LogP contribution < -0.4 is 4.74 Å². The van der Waals surface area contributed by atoms with Gasteiger partial charge in [-0.05, 0) is 48.9 Å². The van der Waals surface area contributed by atoms with Gasteiger partial charge in [-0.15, -0.1) is 0 Å². The van der Waals surface area contributed by atoms with E-state index in [1.54, 1.807) is 0 Å². The van der Waals surface area contributed by atoms with Gasteiger partial charge in [0.2, 0.25) is 0 Å². The van der Waals surface area contributed by atoms with Crippen LogP contribution in [0.4, 0.5) is 17.6 Å². The minimum absolute atomic E-state index is 0.0681. The number of alkyl halides is 3. The zero-order valence-electron chi connectivity index (χ0n) is 17.2. The molecule has 0 spiro atoms. The average molecular weight is 466 g/mol. The van der Waals surface area contributed by atoms with Gasteiger partial charge >= 0.3 is 12.1 Å². The number of aromatic nitrogens is 1. The summed E-state index contributed by atoms with van der Waals surface area (Å²) in [5.74, 6) is -2.18. The van der Waals surface area contributed by atoms with Crippen LogP contribution in [-0.2, 0) is 11.0 Å². The van der Waals surface area contributed by atoms with Crippen LogP contribution in [0.15, 0.2) is 58.2 Å². The smallest absolute Gasteiger partial charge is 0.416 e. The van der Waals surface area contributed by atoms with Gasteiger partial charge < -0.3 is 19.2 Å². The van der Waals surface area contributed by atoms with Gasteiger partial charge in [-0.25, -0.2) is 9.18 Å². The van der Waals surface area contributed by atoms with E-state index in [4.69, 9.17) is 19.2 Å². The highest BCUT2D eigenvalue weighted by Gasteiger charge is 2.32. The Kier molecular flexibility index (Phi) is 7.31. The Morgan fingerprint density at radius 2 is 1.88 bits per heavy atom. The number of aromatic carboxylic acids is 1. The molecule has 0 bridgehead atoms. The lowest BCUT2D eigenvalue weighted by Crippen LogP contribution is -2.15. The Hall–Kier alpha value is -3.89. The summed E-state index contributed by atoms with van der Waals surface area (Å²) in [6, 6.07) is 9.13. The van der Waals surface area contributed by atoms with Crippen molar-refractivity contribution in [2.45, 2.75) is 19.5 Å². The molecule has 1 N–H and O–H groups in total. The lowest BCUT2D eigenvalue weighted by Gasteiger charge is -2.12. The molecule has 0 fully saturated rings. The van der Waals surface area contributed by atoms with E-state index in [2.05, 4.69) is 10.3 Å². The van der Waals surface area contributed by atoms with Crippen LogP contribution in [0, 0.1) is 5.82 Å². The average Bonchev–Trinajstić information content (AvgIpc) is 3.26. The molecule has 0 atom stereocenters. The topological polar surface area (TPSA) is 94.2 Å². The maximum absolute atomic E-state index is 13.1. The summed E-state index contributed by atoms with van der Waals surface area (Å²) in [5.41, 5.74) is -0.765. The third-order valence-corrected chi connectivity index (χ3v) is 4.26. The van der Waals surface area contributed by atoms with Crippen molar-refractivity contribution in [3.8, 4) is 17.0 Å². The van der Waals surface area contributed by atoms with Crippen LogP contribution in [0.5, 0.6) is 5.75 Å². The van der Waals surface area contributed by atoms with Crippen LogP contribution in [-0.4, -0.2) is 35.2 Å². The highest BCUT2D eigenvalue weighted by Crippen LogP contribution is 2.33. The fraction of sp³-hybridized carbons (Fsp3) is 0.227. The summed E-state index contributed by atoms with van der Waals surface area (Å²) in [4.78, 5) is 16.4. The molecule has 0 saturated heterocycles. The number of carbonyl (C=O) groups is 1. The molecule has 174 valence electrons. The number of rotatable bonds is 9. The number of halogens is 4. The van der Waals surface area contributed by atoms with Crippen molar-refractivity contribution in [2.75, 3.05) is 13.2 Å². The van der Waals surface area contributed by atoms with Crippen molar-refractivity contribution in [1.29, 1.82) is 0 Å². The van der Waals surface area contributed by atoms with Crippen molar-refractivity contribution < 1.29 is 41.6 Å². The van der Waals surface area contributed by atoms with E-state index in [0.29, 0.717) is 29.8 Å². The molecule has 3 aromatic rings. The van der Waals surface area contributed by atoms with E-state index >= 15 is 0 Å². The third kappa shape index (κ3) is 6.31. The normalized spacial score (nSPS) is 12.0. The van der Waals surface area contributed by atoms with Crippen LogP contribution in [0.2, 0.25) is 0 Å². The number of hydrogen-bond acceptors (Lipinski definition) is 6. The molecule has 33 heavy (non-hydrogen) atoms. The Morgan fingerprint density at radius 3 is 2.52 bits per heavy atom. The molecule has 0 amide bonds. The first-order chi connectivity index (χ1) is 15.7. The van der Waals surface area contributed by atoms with Crippen LogP contribution in [0.25, 0.3) is 11.3 Å². The predicted molar refractivity (Wildman–Crippen MR) is 109 cm³/mol. The summed E-state index contributed by atoms with van der Waals surface area (Å²) in [7, 11) is 0. The first-order valence-corrected chi connectivity index (χ1v) is 9.67. The summed E-state index contributed by atoms with van der Waals surface area (Å²) >= 11 is 0. The third-order valence-electron chi connectivity index (χ3n) is 4.26. The Labute approximate surface area is 185 Å².